The van der Waals surface area contributed by atoms with Crippen molar-refractivity contribution in [3.05, 3.63) is 29.5 Å². The van der Waals surface area contributed by atoms with E-state index in [2.05, 4.69) is 10.3 Å². The molecule has 2 aromatic rings. The van der Waals surface area contributed by atoms with Gasteiger partial charge in [-0.3, -0.25) is 10.1 Å². The molecule has 0 saturated heterocycles. The number of nitrogens with zero attached hydrogens (tertiary/aromatic N) is 1. The average molecular weight is 294 g/mol. The third kappa shape index (κ3) is 3.91. The summed E-state index contributed by atoms with van der Waals surface area (Å²) < 4.78 is 5.28. The van der Waals surface area contributed by atoms with Gasteiger partial charge in [0.2, 0.25) is 0 Å². The second-order valence-corrected chi connectivity index (χ2v) is 5.88. The molecule has 108 valence electrons. The zero-order chi connectivity index (χ0) is 14.5. The SMILES string of the molecule is CC(C)CC(NCc1csc(-c2ccco2)n1)C(=O)O. The maximum atomic E-state index is 11.2. The van der Waals surface area contributed by atoms with Gasteiger partial charge in [0.05, 0.1) is 12.0 Å². The first-order chi connectivity index (χ1) is 9.56. The highest BCUT2D eigenvalue weighted by Crippen LogP contribution is 2.23. The Kier molecular flexibility index (Phi) is 4.92. The molecule has 2 heterocycles. The highest BCUT2D eigenvalue weighted by molar-refractivity contribution is 7.13. The van der Waals surface area contributed by atoms with Crippen molar-refractivity contribution in [2.24, 2.45) is 5.92 Å². The van der Waals surface area contributed by atoms with Gasteiger partial charge in [-0.2, -0.15) is 0 Å². The summed E-state index contributed by atoms with van der Waals surface area (Å²) in [4.78, 5) is 15.6. The van der Waals surface area contributed by atoms with Crippen LogP contribution in [0.4, 0.5) is 0 Å². The molecule has 0 aliphatic heterocycles. The molecule has 0 aliphatic carbocycles. The van der Waals surface area contributed by atoms with E-state index in [9.17, 15) is 4.79 Å². The van der Waals surface area contributed by atoms with Crippen LogP contribution in [0.1, 0.15) is 26.0 Å². The summed E-state index contributed by atoms with van der Waals surface area (Å²) in [5.41, 5.74) is 0.830. The minimum absolute atomic E-state index is 0.331. The molecule has 0 bridgehead atoms. The molecule has 5 nitrogen and oxygen atoms in total. The van der Waals surface area contributed by atoms with Crippen molar-refractivity contribution in [3.8, 4) is 10.8 Å². The number of hydrogen-bond acceptors (Lipinski definition) is 5. The molecule has 1 unspecified atom stereocenters. The minimum Gasteiger partial charge on any atom is -0.480 e. The van der Waals surface area contributed by atoms with Crippen molar-refractivity contribution in [3.63, 3.8) is 0 Å². The lowest BCUT2D eigenvalue weighted by molar-refractivity contribution is -0.140. The van der Waals surface area contributed by atoms with Gasteiger partial charge in [0.15, 0.2) is 10.8 Å². The first-order valence-electron chi connectivity index (χ1n) is 6.50. The van der Waals surface area contributed by atoms with Gasteiger partial charge in [-0.1, -0.05) is 13.8 Å². The molecule has 0 amide bonds. The highest BCUT2D eigenvalue weighted by Gasteiger charge is 2.18. The molecule has 1 atom stereocenters. The van der Waals surface area contributed by atoms with Crippen molar-refractivity contribution >= 4 is 17.3 Å². The van der Waals surface area contributed by atoms with Gasteiger partial charge < -0.3 is 9.52 Å². The number of aliphatic carboxylic acids is 1. The Labute approximate surface area is 121 Å². The van der Waals surface area contributed by atoms with Crippen molar-refractivity contribution in [1.82, 2.24) is 10.3 Å². The summed E-state index contributed by atoms with van der Waals surface area (Å²) in [6.07, 6.45) is 2.21. The summed E-state index contributed by atoms with van der Waals surface area (Å²) in [5, 5.41) is 14.9. The van der Waals surface area contributed by atoms with Gasteiger partial charge in [0.25, 0.3) is 0 Å². The van der Waals surface area contributed by atoms with Gasteiger partial charge >= 0.3 is 5.97 Å². The van der Waals surface area contributed by atoms with Crippen molar-refractivity contribution in [2.75, 3.05) is 0 Å². The highest BCUT2D eigenvalue weighted by atomic mass is 32.1. The number of carboxylic acids is 1. The molecule has 2 aromatic heterocycles. The Morgan fingerprint density at radius 3 is 2.95 bits per heavy atom. The molecule has 0 aliphatic rings. The Morgan fingerprint density at radius 2 is 2.35 bits per heavy atom. The fraction of sp³-hybridized carbons (Fsp3) is 0.429. The van der Waals surface area contributed by atoms with E-state index in [0.717, 1.165) is 16.5 Å². The number of rotatable bonds is 7. The predicted octanol–water partition coefficient (Wildman–Crippen LogP) is 2.99. The summed E-state index contributed by atoms with van der Waals surface area (Å²) in [5.74, 6) is 0.246. The fourth-order valence-electron chi connectivity index (χ4n) is 1.87. The molecule has 0 saturated carbocycles. The van der Waals surface area contributed by atoms with Crippen LogP contribution in [-0.2, 0) is 11.3 Å². The average Bonchev–Trinajstić information content (AvgIpc) is 3.03. The third-order valence-electron chi connectivity index (χ3n) is 2.82. The van der Waals surface area contributed by atoms with E-state index < -0.39 is 12.0 Å². The van der Waals surface area contributed by atoms with E-state index in [1.54, 1.807) is 6.26 Å². The first-order valence-corrected chi connectivity index (χ1v) is 7.38. The molecule has 0 aromatic carbocycles. The van der Waals surface area contributed by atoms with Crippen LogP contribution in [0.2, 0.25) is 0 Å². The number of thiazole rings is 1. The van der Waals surface area contributed by atoms with E-state index in [1.807, 2.05) is 31.4 Å². The van der Waals surface area contributed by atoms with Gasteiger partial charge in [-0.15, -0.1) is 11.3 Å². The second-order valence-electron chi connectivity index (χ2n) is 5.02. The standard InChI is InChI=1S/C14H18N2O3S/c1-9(2)6-11(14(17)18)15-7-10-8-20-13(16-10)12-4-3-5-19-12/h3-5,8-9,11,15H,6-7H2,1-2H3,(H,17,18). The van der Waals surface area contributed by atoms with Gasteiger partial charge in [0, 0.05) is 11.9 Å². The van der Waals surface area contributed by atoms with Crippen LogP contribution >= 0.6 is 11.3 Å². The smallest absolute Gasteiger partial charge is 0.320 e. The number of furan rings is 1. The van der Waals surface area contributed by atoms with Crippen LogP contribution in [0.3, 0.4) is 0 Å². The number of aromatic nitrogens is 1. The minimum atomic E-state index is -0.819. The van der Waals surface area contributed by atoms with Gasteiger partial charge in [-0.25, -0.2) is 4.98 Å². The maximum absolute atomic E-state index is 11.2. The summed E-state index contributed by atoms with van der Waals surface area (Å²) in [6, 6.07) is 3.14. The van der Waals surface area contributed by atoms with Crippen LogP contribution in [0.15, 0.2) is 28.2 Å². The topological polar surface area (TPSA) is 75.4 Å². The molecule has 20 heavy (non-hydrogen) atoms. The number of nitrogens with one attached hydrogen (secondary N) is 1. The molecular weight excluding hydrogens is 276 g/mol. The quantitative estimate of drug-likeness (QED) is 0.821. The van der Waals surface area contributed by atoms with Crippen molar-refractivity contribution in [2.45, 2.75) is 32.9 Å². The van der Waals surface area contributed by atoms with E-state index >= 15 is 0 Å². The molecule has 0 fully saturated rings. The summed E-state index contributed by atoms with van der Waals surface area (Å²) >= 11 is 1.49. The molecular formula is C14H18N2O3S. The van der Waals surface area contributed by atoms with Crippen LogP contribution < -0.4 is 5.32 Å². The molecule has 6 heteroatoms. The molecule has 0 radical (unpaired) electrons. The van der Waals surface area contributed by atoms with Gasteiger partial charge in [-0.05, 0) is 24.5 Å². The summed E-state index contributed by atoms with van der Waals surface area (Å²) in [6.45, 7) is 4.46. The largest absolute Gasteiger partial charge is 0.480 e. The normalized spacial score (nSPS) is 12.8. The third-order valence-corrected chi connectivity index (χ3v) is 3.72. The lowest BCUT2D eigenvalue weighted by Gasteiger charge is -2.15. The Bertz CT molecular complexity index is 549. The van der Waals surface area contributed by atoms with E-state index in [4.69, 9.17) is 9.52 Å². The van der Waals surface area contributed by atoms with Crippen LogP contribution in [0.25, 0.3) is 10.8 Å². The van der Waals surface area contributed by atoms with Crippen LogP contribution in [0.5, 0.6) is 0 Å². The number of carboxylic acid groups (broad SMARTS) is 1. The number of hydrogen-bond donors (Lipinski definition) is 2. The first kappa shape index (κ1) is 14.7. The predicted molar refractivity (Wildman–Crippen MR) is 77.5 cm³/mol. The molecule has 2 rings (SSSR count). The Balaban J connectivity index is 1.95. The molecule has 0 spiro atoms. The zero-order valence-corrected chi connectivity index (χ0v) is 12.3. The summed E-state index contributed by atoms with van der Waals surface area (Å²) in [7, 11) is 0. The monoisotopic (exact) mass is 294 g/mol. The Morgan fingerprint density at radius 1 is 1.55 bits per heavy atom. The maximum Gasteiger partial charge on any atom is 0.320 e. The second kappa shape index (κ2) is 6.67. The Hall–Kier alpha value is -1.66. The van der Waals surface area contributed by atoms with Crippen molar-refractivity contribution < 1.29 is 14.3 Å². The molecule has 2 N–H and O–H groups in total. The van der Waals surface area contributed by atoms with Crippen LogP contribution in [0, 0.1) is 5.92 Å². The van der Waals surface area contributed by atoms with E-state index in [-0.39, 0.29) is 0 Å². The van der Waals surface area contributed by atoms with Crippen molar-refractivity contribution in [1.29, 1.82) is 0 Å². The van der Waals surface area contributed by atoms with E-state index in [0.29, 0.717) is 18.9 Å². The van der Waals surface area contributed by atoms with Gasteiger partial charge in [0.1, 0.15) is 6.04 Å². The lowest BCUT2D eigenvalue weighted by Crippen LogP contribution is -2.37. The lowest BCUT2D eigenvalue weighted by atomic mass is 10.0. The fourth-order valence-corrected chi connectivity index (χ4v) is 2.66. The van der Waals surface area contributed by atoms with Crippen LogP contribution in [-0.4, -0.2) is 22.1 Å². The van der Waals surface area contributed by atoms with E-state index in [1.165, 1.54) is 11.3 Å². The number of carbonyl (C=O) groups is 1. The zero-order valence-electron chi connectivity index (χ0n) is 11.5.